The number of hydrogen-bond donors (Lipinski definition) is 1. The summed E-state index contributed by atoms with van der Waals surface area (Å²) < 4.78 is 0. The Morgan fingerprint density at radius 2 is 1.74 bits per heavy atom. The smallest absolute Gasteiger partial charge is 0.306 e. The normalized spacial score (nSPS) is 11.7. The molecule has 1 N–H and O–H groups in total. The van der Waals surface area contributed by atoms with Gasteiger partial charge in [0.05, 0.1) is 5.92 Å². The van der Waals surface area contributed by atoms with Crippen LogP contribution in [0.3, 0.4) is 0 Å². The van der Waals surface area contributed by atoms with Gasteiger partial charge in [-0.15, -0.1) is 0 Å². The number of carbonyl (C=O) groups excluding carboxylic acids is 1. The zero-order valence-electron chi connectivity index (χ0n) is 12.2. The molecule has 0 bridgehead atoms. The molecule has 0 heterocycles. The maximum absolute atomic E-state index is 11.7. The van der Waals surface area contributed by atoms with E-state index in [0.29, 0.717) is 12.8 Å². The zero-order chi connectivity index (χ0) is 13.8. The third-order valence-corrected chi connectivity index (χ3v) is 3.19. The zero-order valence-corrected chi connectivity index (χ0v) is 15.0. The average molecular weight is 344 g/mol. The van der Waals surface area contributed by atoms with Crippen LogP contribution in [0.5, 0.6) is 0 Å². The van der Waals surface area contributed by atoms with Crippen LogP contribution in [-0.2, 0) is 42.3 Å². The largest absolute Gasteiger partial charge is 0.481 e. The fourth-order valence-corrected chi connectivity index (χ4v) is 2.01. The number of carboxylic acid groups (broad SMARTS) is 1. The summed E-state index contributed by atoms with van der Waals surface area (Å²) in [7, 11) is 0. The van der Waals surface area contributed by atoms with Gasteiger partial charge in [0.25, 0.3) is 0 Å². The maximum atomic E-state index is 11.7. The van der Waals surface area contributed by atoms with Gasteiger partial charge in [0, 0.05) is 45.6 Å². The van der Waals surface area contributed by atoms with Crippen molar-refractivity contribution in [2.24, 2.45) is 5.92 Å². The molecular formula is C15H27O3Y-. The Hall–Kier alpha value is 0.244. The van der Waals surface area contributed by atoms with Crippen molar-refractivity contribution in [3.8, 4) is 0 Å². The Morgan fingerprint density at radius 3 is 2.26 bits per heavy atom. The van der Waals surface area contributed by atoms with Crippen molar-refractivity contribution in [2.75, 3.05) is 0 Å². The molecular weight excluding hydrogens is 317 g/mol. The third kappa shape index (κ3) is 13.0. The van der Waals surface area contributed by atoms with Gasteiger partial charge in [-0.1, -0.05) is 39.0 Å². The van der Waals surface area contributed by atoms with E-state index in [1.54, 1.807) is 0 Å². The van der Waals surface area contributed by atoms with Crippen molar-refractivity contribution in [3.05, 3.63) is 6.92 Å². The Balaban J connectivity index is 0. The molecule has 0 rings (SSSR count). The van der Waals surface area contributed by atoms with Gasteiger partial charge in [-0.2, -0.15) is 6.42 Å². The number of carboxylic acids is 1. The minimum atomic E-state index is -0.845. The maximum Gasteiger partial charge on any atom is 0.306 e. The molecule has 109 valence electrons. The molecule has 0 aromatic heterocycles. The van der Waals surface area contributed by atoms with Crippen LogP contribution in [-0.4, -0.2) is 16.9 Å². The number of carbonyl (C=O) groups is 2. The second kappa shape index (κ2) is 14.6. The van der Waals surface area contributed by atoms with Crippen LogP contribution in [0.2, 0.25) is 0 Å². The fourth-order valence-electron chi connectivity index (χ4n) is 2.01. The molecule has 3 nitrogen and oxygen atoms in total. The van der Waals surface area contributed by atoms with Crippen molar-refractivity contribution in [3.63, 3.8) is 0 Å². The van der Waals surface area contributed by atoms with Crippen molar-refractivity contribution in [2.45, 2.75) is 71.1 Å². The van der Waals surface area contributed by atoms with E-state index < -0.39 is 11.9 Å². The molecule has 0 amide bonds. The van der Waals surface area contributed by atoms with E-state index in [9.17, 15) is 9.59 Å². The SMILES string of the molecule is [CH2-]CCCC(CC(=O)CCCCCCC)C(=O)O.[Y]. The van der Waals surface area contributed by atoms with Crippen LogP contribution in [0.1, 0.15) is 71.1 Å². The molecule has 0 aliphatic heterocycles. The summed E-state index contributed by atoms with van der Waals surface area (Å²) in [5.74, 6) is -1.25. The van der Waals surface area contributed by atoms with Crippen LogP contribution >= 0.6 is 0 Å². The monoisotopic (exact) mass is 344 g/mol. The topological polar surface area (TPSA) is 54.4 Å². The number of Topliss-reactive ketones (excluding diaryl/α,β-unsaturated/α-hetero) is 1. The summed E-state index contributed by atoms with van der Waals surface area (Å²) in [6.07, 6.45) is 8.39. The van der Waals surface area contributed by atoms with Crippen molar-refractivity contribution in [1.29, 1.82) is 0 Å². The molecule has 0 aromatic rings. The number of ketones is 1. The summed E-state index contributed by atoms with van der Waals surface area (Å²) in [5.41, 5.74) is 0. The van der Waals surface area contributed by atoms with E-state index in [1.165, 1.54) is 19.3 Å². The minimum absolute atomic E-state index is 0. The van der Waals surface area contributed by atoms with Gasteiger partial charge in [-0.3, -0.25) is 9.59 Å². The molecule has 1 atom stereocenters. The summed E-state index contributed by atoms with van der Waals surface area (Å²) in [5, 5.41) is 9.02. The Morgan fingerprint density at radius 1 is 1.11 bits per heavy atom. The van der Waals surface area contributed by atoms with Crippen molar-refractivity contribution < 1.29 is 47.4 Å². The molecule has 0 aliphatic rings. The summed E-state index contributed by atoms with van der Waals surface area (Å²) in [6, 6.07) is 0. The Bertz CT molecular complexity index is 242. The van der Waals surface area contributed by atoms with Gasteiger partial charge >= 0.3 is 5.97 Å². The van der Waals surface area contributed by atoms with Crippen LogP contribution in [0.15, 0.2) is 0 Å². The quantitative estimate of drug-likeness (QED) is 0.430. The molecule has 19 heavy (non-hydrogen) atoms. The Kier molecular flexibility index (Phi) is 16.6. The van der Waals surface area contributed by atoms with Crippen LogP contribution in [0, 0.1) is 12.8 Å². The first-order chi connectivity index (χ1) is 8.61. The minimum Gasteiger partial charge on any atom is -0.481 e. The van der Waals surface area contributed by atoms with Gasteiger partial charge in [0.1, 0.15) is 5.78 Å². The predicted molar refractivity (Wildman–Crippen MR) is 73.3 cm³/mol. The molecule has 0 aromatic carbocycles. The summed E-state index contributed by atoms with van der Waals surface area (Å²) >= 11 is 0. The second-order valence-corrected chi connectivity index (χ2v) is 4.94. The van der Waals surface area contributed by atoms with Gasteiger partial charge in [-0.05, 0) is 12.8 Å². The van der Waals surface area contributed by atoms with Crippen LogP contribution < -0.4 is 0 Å². The third-order valence-electron chi connectivity index (χ3n) is 3.19. The number of hydrogen-bond acceptors (Lipinski definition) is 2. The average Bonchev–Trinajstić information content (AvgIpc) is 2.33. The summed E-state index contributed by atoms with van der Waals surface area (Å²) in [4.78, 5) is 22.7. The van der Waals surface area contributed by atoms with E-state index in [2.05, 4.69) is 13.8 Å². The first-order valence-electron chi connectivity index (χ1n) is 7.15. The fraction of sp³-hybridized carbons (Fsp3) is 0.800. The molecule has 0 saturated heterocycles. The molecule has 4 heteroatoms. The van der Waals surface area contributed by atoms with Gasteiger partial charge in [0.2, 0.25) is 0 Å². The van der Waals surface area contributed by atoms with E-state index in [4.69, 9.17) is 5.11 Å². The number of aliphatic carboxylic acids is 1. The van der Waals surface area contributed by atoms with Crippen LogP contribution in [0.4, 0.5) is 0 Å². The van der Waals surface area contributed by atoms with Crippen molar-refractivity contribution >= 4 is 11.8 Å². The van der Waals surface area contributed by atoms with E-state index in [0.717, 1.165) is 25.7 Å². The molecule has 1 radical (unpaired) electrons. The molecule has 0 aliphatic carbocycles. The standard InChI is InChI=1S/C15H27O3.Y/c1-3-5-7-8-9-11-14(16)12-13(15(17)18)10-6-4-2;/h13H,2-12H2,1H3,(H,17,18);/q-1;. The first kappa shape index (κ1) is 21.5. The predicted octanol–water partition coefficient (Wildman–Crippen LogP) is 4.01. The second-order valence-electron chi connectivity index (χ2n) is 4.94. The molecule has 0 fully saturated rings. The van der Waals surface area contributed by atoms with E-state index in [-0.39, 0.29) is 44.9 Å². The van der Waals surface area contributed by atoms with E-state index >= 15 is 0 Å². The first-order valence-corrected chi connectivity index (χ1v) is 7.15. The Labute approximate surface area is 142 Å². The van der Waals surface area contributed by atoms with E-state index in [1.807, 2.05) is 0 Å². The van der Waals surface area contributed by atoms with Gasteiger partial charge in [0.15, 0.2) is 0 Å². The van der Waals surface area contributed by atoms with Gasteiger partial charge in [-0.25, -0.2) is 0 Å². The molecule has 1 unspecified atom stereocenters. The van der Waals surface area contributed by atoms with Crippen LogP contribution in [0.25, 0.3) is 0 Å². The number of rotatable bonds is 12. The molecule has 0 saturated carbocycles. The molecule has 0 spiro atoms. The number of unbranched alkanes of at least 4 members (excludes halogenated alkanes) is 5. The van der Waals surface area contributed by atoms with Gasteiger partial charge < -0.3 is 12.0 Å². The summed E-state index contributed by atoms with van der Waals surface area (Å²) in [6.45, 7) is 5.85. The van der Waals surface area contributed by atoms with Crippen molar-refractivity contribution in [1.82, 2.24) is 0 Å².